The molecule has 1 fully saturated rings. The number of ether oxygens (including phenoxy) is 1. The lowest BCUT2D eigenvalue weighted by atomic mass is 9.96. The molecule has 1 aromatic rings. The van der Waals surface area contributed by atoms with Crippen molar-refractivity contribution in [2.45, 2.75) is 18.8 Å². The van der Waals surface area contributed by atoms with Crippen LogP contribution in [0, 0.1) is 11.3 Å². The Labute approximate surface area is 86.3 Å². The van der Waals surface area contributed by atoms with E-state index >= 15 is 0 Å². The molecule has 0 aromatic carbocycles. The fraction of sp³-hybridized carbons (Fsp3) is 0.556. The minimum Gasteiger partial charge on any atom is -0.381 e. The van der Waals surface area contributed by atoms with Gasteiger partial charge < -0.3 is 10.5 Å². The van der Waals surface area contributed by atoms with Crippen molar-refractivity contribution < 1.29 is 4.74 Å². The van der Waals surface area contributed by atoms with Crippen LogP contribution in [-0.2, 0) is 4.74 Å². The Morgan fingerprint density at radius 2 is 2.21 bits per heavy atom. The number of anilines is 1. The van der Waals surface area contributed by atoms with Crippen molar-refractivity contribution >= 4 is 16.5 Å². The first-order chi connectivity index (χ1) is 6.81. The summed E-state index contributed by atoms with van der Waals surface area (Å²) in [5.41, 5.74) is 6.46. The quantitative estimate of drug-likeness (QED) is 0.760. The van der Waals surface area contributed by atoms with Gasteiger partial charge in [0.25, 0.3) is 0 Å². The first-order valence-corrected chi connectivity index (χ1v) is 5.37. The van der Waals surface area contributed by atoms with Gasteiger partial charge in [0.2, 0.25) is 0 Å². The number of nitrogens with two attached hydrogens (primary N) is 1. The normalized spacial score (nSPS) is 17.9. The van der Waals surface area contributed by atoms with Gasteiger partial charge in [0, 0.05) is 19.1 Å². The predicted molar refractivity (Wildman–Crippen MR) is 54.0 cm³/mol. The van der Waals surface area contributed by atoms with E-state index in [1.54, 1.807) is 0 Å². The maximum absolute atomic E-state index is 8.90. The van der Waals surface area contributed by atoms with Gasteiger partial charge in [0.05, 0.1) is 5.69 Å². The number of aromatic nitrogens is 1. The molecular formula is C9H11N3OS. The van der Waals surface area contributed by atoms with Gasteiger partial charge in [0.15, 0.2) is 5.13 Å². The Hall–Kier alpha value is -1.12. The molecule has 1 aromatic heterocycles. The average Bonchev–Trinajstić information content (AvgIpc) is 2.61. The Bertz CT molecular complexity index is 363. The van der Waals surface area contributed by atoms with Gasteiger partial charge in [-0.25, -0.2) is 4.98 Å². The molecular weight excluding hydrogens is 198 g/mol. The zero-order valence-electron chi connectivity index (χ0n) is 7.69. The highest BCUT2D eigenvalue weighted by Crippen LogP contribution is 2.32. The van der Waals surface area contributed by atoms with Crippen molar-refractivity contribution in [1.82, 2.24) is 4.98 Å². The van der Waals surface area contributed by atoms with Crippen molar-refractivity contribution in [3.63, 3.8) is 0 Å². The molecule has 74 valence electrons. The molecule has 0 unspecified atom stereocenters. The molecule has 0 atom stereocenters. The largest absolute Gasteiger partial charge is 0.381 e. The molecule has 0 saturated carbocycles. The van der Waals surface area contributed by atoms with Crippen molar-refractivity contribution in [3.05, 3.63) is 10.6 Å². The van der Waals surface area contributed by atoms with E-state index in [4.69, 9.17) is 15.7 Å². The summed E-state index contributed by atoms with van der Waals surface area (Å²) in [5, 5.41) is 9.38. The third-order valence-electron chi connectivity index (χ3n) is 2.38. The van der Waals surface area contributed by atoms with Crippen LogP contribution in [0.25, 0.3) is 0 Å². The van der Waals surface area contributed by atoms with Crippen molar-refractivity contribution in [2.75, 3.05) is 18.9 Å². The van der Waals surface area contributed by atoms with Gasteiger partial charge in [-0.2, -0.15) is 5.26 Å². The summed E-state index contributed by atoms with van der Waals surface area (Å²) in [6, 6.07) is 2.15. The smallest absolute Gasteiger partial charge is 0.181 e. The summed E-state index contributed by atoms with van der Waals surface area (Å²) < 4.78 is 5.26. The van der Waals surface area contributed by atoms with E-state index in [0.29, 0.717) is 15.9 Å². The lowest BCUT2D eigenvalue weighted by Crippen LogP contribution is -2.15. The van der Waals surface area contributed by atoms with Gasteiger partial charge in [-0.1, -0.05) is 11.3 Å². The molecule has 1 aliphatic heterocycles. The summed E-state index contributed by atoms with van der Waals surface area (Å²) in [6.45, 7) is 1.51. The molecule has 2 heterocycles. The van der Waals surface area contributed by atoms with Gasteiger partial charge >= 0.3 is 0 Å². The highest BCUT2D eigenvalue weighted by molar-refractivity contribution is 7.16. The number of nitriles is 1. The number of nitrogen functional groups attached to an aromatic ring is 1. The second-order valence-corrected chi connectivity index (χ2v) is 4.30. The second kappa shape index (κ2) is 3.95. The first-order valence-electron chi connectivity index (χ1n) is 4.55. The number of hydrogen-bond donors (Lipinski definition) is 1. The fourth-order valence-corrected chi connectivity index (χ4v) is 2.39. The highest BCUT2D eigenvalue weighted by atomic mass is 32.1. The Morgan fingerprint density at radius 1 is 1.50 bits per heavy atom. The van der Waals surface area contributed by atoms with Gasteiger partial charge in [-0.15, -0.1) is 0 Å². The van der Waals surface area contributed by atoms with Gasteiger partial charge in [-0.05, 0) is 12.8 Å². The zero-order chi connectivity index (χ0) is 9.97. The third kappa shape index (κ3) is 1.72. The maximum Gasteiger partial charge on any atom is 0.181 e. The number of thiazole rings is 1. The van der Waals surface area contributed by atoms with E-state index in [1.807, 2.05) is 0 Å². The number of hydrogen-bond acceptors (Lipinski definition) is 5. The predicted octanol–water partition coefficient (Wildman–Crippen LogP) is 1.49. The third-order valence-corrected chi connectivity index (χ3v) is 3.18. The second-order valence-electron chi connectivity index (χ2n) is 3.26. The minimum atomic E-state index is 0.354. The first kappa shape index (κ1) is 9.44. The van der Waals surface area contributed by atoms with Crippen LogP contribution in [0.3, 0.4) is 0 Å². The van der Waals surface area contributed by atoms with Crippen LogP contribution in [0.4, 0.5) is 5.13 Å². The standard InChI is InChI=1S/C9H11N3OS/c10-5-7-8(12-9(11)14-7)6-1-3-13-4-2-6/h6H,1-4H2,(H2,11,12). The minimum absolute atomic E-state index is 0.354. The van der Waals surface area contributed by atoms with E-state index < -0.39 is 0 Å². The molecule has 14 heavy (non-hydrogen) atoms. The highest BCUT2D eigenvalue weighted by Gasteiger charge is 2.22. The molecule has 4 nitrogen and oxygen atoms in total. The molecule has 2 N–H and O–H groups in total. The van der Waals surface area contributed by atoms with E-state index in [2.05, 4.69) is 11.1 Å². The summed E-state index contributed by atoms with van der Waals surface area (Å²) >= 11 is 1.27. The van der Waals surface area contributed by atoms with E-state index in [9.17, 15) is 0 Å². The SMILES string of the molecule is N#Cc1sc(N)nc1C1CCOCC1. The monoisotopic (exact) mass is 209 g/mol. The summed E-state index contributed by atoms with van der Waals surface area (Å²) in [7, 11) is 0. The summed E-state index contributed by atoms with van der Waals surface area (Å²) in [5.74, 6) is 0.354. The molecule has 2 rings (SSSR count). The lowest BCUT2D eigenvalue weighted by molar-refractivity contribution is 0.0846. The molecule has 0 aliphatic carbocycles. The summed E-state index contributed by atoms with van der Waals surface area (Å²) in [6.07, 6.45) is 1.88. The van der Waals surface area contributed by atoms with Crippen LogP contribution in [0.15, 0.2) is 0 Å². The van der Waals surface area contributed by atoms with Crippen LogP contribution >= 0.6 is 11.3 Å². The topological polar surface area (TPSA) is 71.9 Å². The molecule has 1 aliphatic rings. The van der Waals surface area contributed by atoms with Crippen LogP contribution < -0.4 is 5.73 Å². The van der Waals surface area contributed by atoms with E-state index in [0.717, 1.165) is 31.7 Å². The number of rotatable bonds is 1. The Morgan fingerprint density at radius 3 is 2.86 bits per heavy atom. The zero-order valence-corrected chi connectivity index (χ0v) is 8.51. The molecule has 0 radical (unpaired) electrons. The molecule has 5 heteroatoms. The fourth-order valence-electron chi connectivity index (χ4n) is 1.68. The molecule has 1 saturated heterocycles. The van der Waals surface area contributed by atoms with Crippen molar-refractivity contribution in [2.24, 2.45) is 0 Å². The van der Waals surface area contributed by atoms with Crippen LogP contribution in [-0.4, -0.2) is 18.2 Å². The van der Waals surface area contributed by atoms with Crippen molar-refractivity contribution in [3.8, 4) is 6.07 Å². The van der Waals surface area contributed by atoms with Gasteiger partial charge in [-0.3, -0.25) is 0 Å². The molecule has 0 bridgehead atoms. The Balaban J connectivity index is 2.25. The van der Waals surface area contributed by atoms with Crippen LogP contribution in [0.5, 0.6) is 0 Å². The molecule has 0 amide bonds. The molecule has 0 spiro atoms. The van der Waals surface area contributed by atoms with E-state index in [1.165, 1.54) is 11.3 Å². The van der Waals surface area contributed by atoms with Crippen molar-refractivity contribution in [1.29, 1.82) is 5.26 Å². The van der Waals surface area contributed by atoms with Gasteiger partial charge in [0.1, 0.15) is 10.9 Å². The van der Waals surface area contributed by atoms with Crippen LogP contribution in [0.2, 0.25) is 0 Å². The summed E-state index contributed by atoms with van der Waals surface area (Å²) in [4.78, 5) is 4.88. The number of nitrogens with zero attached hydrogens (tertiary/aromatic N) is 2. The van der Waals surface area contributed by atoms with Crippen LogP contribution in [0.1, 0.15) is 29.3 Å². The lowest BCUT2D eigenvalue weighted by Gasteiger charge is -2.20. The maximum atomic E-state index is 8.90. The average molecular weight is 209 g/mol. The van der Waals surface area contributed by atoms with E-state index in [-0.39, 0.29) is 0 Å². The Kier molecular flexibility index (Phi) is 2.66.